The molecule has 0 unspecified atom stereocenters. The monoisotopic (exact) mass is 367 g/mol. The predicted molar refractivity (Wildman–Crippen MR) is 103 cm³/mol. The minimum Gasteiger partial charge on any atom is -0.387 e. The summed E-state index contributed by atoms with van der Waals surface area (Å²) in [6.07, 6.45) is 0.295. The number of nitrogens with zero attached hydrogens (tertiary/aromatic N) is 2. The maximum Gasteiger partial charge on any atom is 0.251 e. The lowest BCUT2D eigenvalue weighted by molar-refractivity contribution is 0.0950. The number of rotatable bonds is 6. The van der Waals surface area contributed by atoms with Gasteiger partial charge in [0, 0.05) is 16.5 Å². The molecule has 5 nitrogen and oxygen atoms in total. The van der Waals surface area contributed by atoms with Crippen molar-refractivity contribution in [1.29, 1.82) is 0 Å². The van der Waals surface area contributed by atoms with E-state index in [1.807, 2.05) is 29.6 Å². The van der Waals surface area contributed by atoms with Gasteiger partial charge in [-0.3, -0.25) is 9.78 Å². The second-order valence-electron chi connectivity index (χ2n) is 5.97. The molecule has 6 heteroatoms. The number of hydrogen-bond donors (Lipinski definition) is 2. The summed E-state index contributed by atoms with van der Waals surface area (Å²) in [4.78, 5) is 21.2. The smallest absolute Gasteiger partial charge is 0.251 e. The SMILES string of the molecule is CCc1nc(CNC(=O)c2ccc(-c3cccc([C@H](C)O)n3)cc2)cs1. The number of benzene rings is 1. The normalized spacial score (nSPS) is 12.0. The second kappa shape index (κ2) is 8.21. The molecule has 3 aromatic rings. The summed E-state index contributed by atoms with van der Waals surface area (Å²) in [5.74, 6) is -0.131. The van der Waals surface area contributed by atoms with Crippen molar-refractivity contribution in [1.82, 2.24) is 15.3 Å². The van der Waals surface area contributed by atoms with Gasteiger partial charge in [0.05, 0.1) is 34.7 Å². The van der Waals surface area contributed by atoms with E-state index in [-0.39, 0.29) is 5.91 Å². The van der Waals surface area contributed by atoms with Crippen LogP contribution in [0, 0.1) is 0 Å². The molecule has 0 spiro atoms. The van der Waals surface area contributed by atoms with Gasteiger partial charge in [0.15, 0.2) is 0 Å². The highest BCUT2D eigenvalue weighted by atomic mass is 32.1. The Morgan fingerprint density at radius 3 is 2.62 bits per heavy atom. The van der Waals surface area contributed by atoms with Gasteiger partial charge in [-0.15, -0.1) is 11.3 Å². The third-order valence-corrected chi connectivity index (χ3v) is 5.02. The average molecular weight is 367 g/mol. The van der Waals surface area contributed by atoms with Gasteiger partial charge in [-0.25, -0.2) is 4.98 Å². The molecule has 1 atom stereocenters. The lowest BCUT2D eigenvalue weighted by Gasteiger charge is -2.08. The van der Waals surface area contributed by atoms with Gasteiger partial charge >= 0.3 is 0 Å². The molecule has 0 fully saturated rings. The Morgan fingerprint density at radius 1 is 1.19 bits per heavy atom. The predicted octanol–water partition coefficient (Wildman–Crippen LogP) is 3.75. The quantitative estimate of drug-likeness (QED) is 0.696. The summed E-state index contributed by atoms with van der Waals surface area (Å²) >= 11 is 1.61. The summed E-state index contributed by atoms with van der Waals surface area (Å²) in [5, 5.41) is 15.6. The third kappa shape index (κ3) is 4.33. The highest BCUT2D eigenvalue weighted by molar-refractivity contribution is 7.09. The van der Waals surface area contributed by atoms with Crippen LogP contribution < -0.4 is 5.32 Å². The average Bonchev–Trinajstić information content (AvgIpc) is 3.14. The van der Waals surface area contributed by atoms with Crippen LogP contribution in [0.3, 0.4) is 0 Å². The second-order valence-corrected chi connectivity index (χ2v) is 6.91. The Morgan fingerprint density at radius 2 is 1.96 bits per heavy atom. The zero-order chi connectivity index (χ0) is 18.5. The maximum absolute atomic E-state index is 12.3. The van der Waals surface area contributed by atoms with Crippen molar-refractivity contribution in [2.75, 3.05) is 0 Å². The van der Waals surface area contributed by atoms with Crippen LogP contribution in [0.25, 0.3) is 11.3 Å². The number of thiazole rings is 1. The number of pyridine rings is 1. The van der Waals surface area contributed by atoms with E-state index in [9.17, 15) is 9.90 Å². The van der Waals surface area contributed by atoms with Crippen LogP contribution in [0.4, 0.5) is 0 Å². The summed E-state index contributed by atoms with van der Waals surface area (Å²) < 4.78 is 0. The zero-order valence-electron chi connectivity index (χ0n) is 14.8. The molecule has 0 saturated carbocycles. The van der Waals surface area contributed by atoms with Crippen molar-refractivity contribution in [3.63, 3.8) is 0 Å². The van der Waals surface area contributed by atoms with Crippen LogP contribution in [-0.2, 0) is 13.0 Å². The number of carbonyl (C=O) groups excluding carboxylic acids is 1. The van der Waals surface area contributed by atoms with Crippen LogP contribution >= 0.6 is 11.3 Å². The van der Waals surface area contributed by atoms with Crippen LogP contribution in [0.5, 0.6) is 0 Å². The van der Waals surface area contributed by atoms with Gasteiger partial charge in [-0.1, -0.05) is 25.1 Å². The largest absolute Gasteiger partial charge is 0.387 e. The lowest BCUT2D eigenvalue weighted by Crippen LogP contribution is -2.22. The Bertz CT molecular complexity index is 888. The molecule has 2 aromatic heterocycles. The molecular formula is C20H21N3O2S. The van der Waals surface area contributed by atoms with Crippen molar-refractivity contribution in [2.45, 2.75) is 32.9 Å². The van der Waals surface area contributed by atoms with E-state index in [4.69, 9.17) is 0 Å². The first kappa shape index (κ1) is 18.2. The number of aliphatic hydroxyl groups excluding tert-OH is 1. The Labute approximate surface area is 156 Å². The molecule has 2 heterocycles. The van der Waals surface area contributed by atoms with Crippen molar-refractivity contribution in [3.05, 3.63) is 69.8 Å². The molecule has 0 aliphatic carbocycles. The van der Waals surface area contributed by atoms with E-state index >= 15 is 0 Å². The third-order valence-electron chi connectivity index (χ3n) is 3.97. The fraction of sp³-hybridized carbons (Fsp3) is 0.250. The first-order valence-corrected chi connectivity index (χ1v) is 9.41. The number of aryl methyl sites for hydroxylation is 1. The van der Waals surface area contributed by atoms with Crippen LogP contribution in [0.2, 0.25) is 0 Å². The molecule has 0 saturated heterocycles. The first-order chi connectivity index (χ1) is 12.6. The molecular weight excluding hydrogens is 346 g/mol. The van der Waals surface area contributed by atoms with Crippen LogP contribution in [-0.4, -0.2) is 21.0 Å². The molecule has 1 aromatic carbocycles. The van der Waals surface area contributed by atoms with Crippen LogP contribution in [0.15, 0.2) is 47.8 Å². The highest BCUT2D eigenvalue weighted by Crippen LogP contribution is 2.20. The molecule has 0 aliphatic heterocycles. The van der Waals surface area contributed by atoms with Crippen LogP contribution in [0.1, 0.15) is 46.7 Å². The van der Waals surface area contributed by atoms with E-state index in [0.717, 1.165) is 28.4 Å². The maximum atomic E-state index is 12.3. The first-order valence-electron chi connectivity index (χ1n) is 8.53. The molecule has 0 radical (unpaired) electrons. The highest BCUT2D eigenvalue weighted by Gasteiger charge is 2.09. The summed E-state index contributed by atoms with van der Waals surface area (Å²) in [7, 11) is 0. The fourth-order valence-electron chi connectivity index (χ4n) is 2.50. The standard InChI is InChI=1S/C20H21N3O2S/c1-3-19-22-16(12-26-19)11-21-20(25)15-9-7-14(8-10-15)18-6-4-5-17(23-18)13(2)24/h4-10,12-13,24H,3,11H2,1-2H3,(H,21,25)/t13-/m0/s1. The van der Waals surface area contributed by atoms with E-state index in [1.165, 1.54) is 0 Å². The van der Waals surface area contributed by atoms with Gasteiger partial charge in [0.25, 0.3) is 5.91 Å². The molecule has 26 heavy (non-hydrogen) atoms. The van der Waals surface area contributed by atoms with E-state index < -0.39 is 6.10 Å². The zero-order valence-corrected chi connectivity index (χ0v) is 15.6. The van der Waals surface area contributed by atoms with E-state index in [0.29, 0.717) is 17.8 Å². The number of nitrogens with one attached hydrogen (secondary N) is 1. The van der Waals surface area contributed by atoms with Gasteiger partial charge < -0.3 is 10.4 Å². The van der Waals surface area contributed by atoms with Crippen molar-refractivity contribution in [2.24, 2.45) is 0 Å². The number of amides is 1. The fourth-order valence-corrected chi connectivity index (χ4v) is 3.25. The molecule has 2 N–H and O–H groups in total. The van der Waals surface area contributed by atoms with Gasteiger partial charge in [0.1, 0.15) is 0 Å². The van der Waals surface area contributed by atoms with E-state index in [2.05, 4.69) is 22.2 Å². The Kier molecular flexibility index (Phi) is 5.75. The van der Waals surface area contributed by atoms with Crippen molar-refractivity contribution in [3.8, 4) is 11.3 Å². The Hall–Kier alpha value is -2.57. The summed E-state index contributed by atoms with van der Waals surface area (Å²) in [6.45, 7) is 4.18. The Balaban J connectivity index is 1.66. The number of aliphatic hydroxyl groups is 1. The van der Waals surface area contributed by atoms with Gasteiger partial charge in [-0.05, 0) is 37.6 Å². The lowest BCUT2D eigenvalue weighted by atomic mass is 10.1. The minimum atomic E-state index is -0.612. The van der Waals surface area contributed by atoms with Gasteiger partial charge in [0.2, 0.25) is 0 Å². The number of carbonyl (C=O) groups is 1. The number of hydrogen-bond acceptors (Lipinski definition) is 5. The number of aromatic nitrogens is 2. The molecule has 134 valence electrons. The molecule has 3 rings (SSSR count). The summed E-state index contributed by atoms with van der Waals surface area (Å²) in [6, 6.07) is 12.8. The van der Waals surface area contributed by atoms with E-state index in [1.54, 1.807) is 36.5 Å². The summed E-state index contributed by atoms with van der Waals surface area (Å²) in [5.41, 5.74) is 3.77. The van der Waals surface area contributed by atoms with Crippen molar-refractivity contribution >= 4 is 17.2 Å². The van der Waals surface area contributed by atoms with Gasteiger partial charge in [-0.2, -0.15) is 0 Å². The molecule has 0 bridgehead atoms. The topological polar surface area (TPSA) is 75.1 Å². The minimum absolute atomic E-state index is 0.131. The molecule has 0 aliphatic rings. The van der Waals surface area contributed by atoms with Crippen molar-refractivity contribution < 1.29 is 9.90 Å². The molecule has 1 amide bonds.